The van der Waals surface area contributed by atoms with Gasteiger partial charge in [0.1, 0.15) is 17.5 Å². The standard InChI is InChI=1S/C13H10BrF3N2/c14-10-5-7(1-3-12(10)17)13(19-18)9-6-8(15)2-4-11(9)16/h1-6,13,19H,18H2. The number of hydrazine groups is 1. The molecule has 0 heterocycles. The third kappa shape index (κ3) is 2.97. The molecule has 19 heavy (non-hydrogen) atoms. The Hall–Kier alpha value is -1.37. The summed E-state index contributed by atoms with van der Waals surface area (Å²) in [5.74, 6) is 3.79. The number of hydrogen-bond donors (Lipinski definition) is 2. The van der Waals surface area contributed by atoms with Gasteiger partial charge in [0.05, 0.1) is 10.5 Å². The molecule has 0 saturated heterocycles. The van der Waals surface area contributed by atoms with E-state index in [9.17, 15) is 13.2 Å². The van der Waals surface area contributed by atoms with E-state index >= 15 is 0 Å². The first-order chi connectivity index (χ1) is 9.02. The molecule has 2 rings (SSSR count). The highest BCUT2D eigenvalue weighted by atomic mass is 79.9. The molecular formula is C13H10BrF3N2. The van der Waals surface area contributed by atoms with Gasteiger partial charge in [-0.2, -0.15) is 0 Å². The van der Waals surface area contributed by atoms with Gasteiger partial charge in [0.25, 0.3) is 0 Å². The maximum atomic E-state index is 13.7. The molecule has 0 saturated carbocycles. The van der Waals surface area contributed by atoms with Crippen LogP contribution in [-0.4, -0.2) is 0 Å². The van der Waals surface area contributed by atoms with Gasteiger partial charge in [0.15, 0.2) is 0 Å². The zero-order chi connectivity index (χ0) is 14.0. The van der Waals surface area contributed by atoms with Gasteiger partial charge in [0, 0.05) is 5.56 Å². The van der Waals surface area contributed by atoms with Crippen molar-refractivity contribution >= 4 is 15.9 Å². The SMILES string of the molecule is NNC(c1ccc(F)c(Br)c1)c1cc(F)ccc1F. The molecule has 0 radical (unpaired) electrons. The fraction of sp³-hybridized carbons (Fsp3) is 0.0769. The summed E-state index contributed by atoms with van der Waals surface area (Å²) in [5.41, 5.74) is 2.97. The zero-order valence-electron chi connectivity index (χ0n) is 9.63. The Bertz CT molecular complexity index is 604. The molecule has 2 nitrogen and oxygen atoms in total. The fourth-order valence-electron chi connectivity index (χ4n) is 1.79. The lowest BCUT2D eigenvalue weighted by Crippen LogP contribution is -2.29. The van der Waals surface area contributed by atoms with E-state index in [-0.39, 0.29) is 10.0 Å². The zero-order valence-corrected chi connectivity index (χ0v) is 11.2. The van der Waals surface area contributed by atoms with Crippen LogP contribution in [0.2, 0.25) is 0 Å². The van der Waals surface area contributed by atoms with E-state index in [4.69, 9.17) is 5.84 Å². The van der Waals surface area contributed by atoms with Gasteiger partial charge >= 0.3 is 0 Å². The molecule has 0 aliphatic heterocycles. The maximum Gasteiger partial charge on any atom is 0.137 e. The molecule has 0 aromatic heterocycles. The Kier molecular flexibility index (Phi) is 4.24. The van der Waals surface area contributed by atoms with Crippen LogP contribution >= 0.6 is 15.9 Å². The second-order valence-electron chi connectivity index (χ2n) is 3.94. The summed E-state index contributed by atoms with van der Waals surface area (Å²) >= 11 is 3.04. The van der Waals surface area contributed by atoms with Crippen molar-refractivity contribution in [1.82, 2.24) is 5.43 Å². The van der Waals surface area contributed by atoms with Crippen LogP contribution < -0.4 is 11.3 Å². The van der Waals surface area contributed by atoms with Crippen molar-refractivity contribution in [1.29, 1.82) is 0 Å². The van der Waals surface area contributed by atoms with Crippen LogP contribution in [0.25, 0.3) is 0 Å². The molecule has 1 atom stereocenters. The highest BCUT2D eigenvalue weighted by Gasteiger charge is 2.18. The van der Waals surface area contributed by atoms with E-state index in [1.807, 2.05) is 0 Å². The normalized spacial score (nSPS) is 12.5. The van der Waals surface area contributed by atoms with Crippen molar-refractivity contribution in [2.75, 3.05) is 0 Å². The van der Waals surface area contributed by atoms with Crippen LogP contribution in [-0.2, 0) is 0 Å². The monoisotopic (exact) mass is 330 g/mol. The molecule has 0 bridgehead atoms. The van der Waals surface area contributed by atoms with Gasteiger partial charge in [-0.1, -0.05) is 6.07 Å². The summed E-state index contributed by atoms with van der Waals surface area (Å²) in [4.78, 5) is 0. The lowest BCUT2D eigenvalue weighted by atomic mass is 9.98. The van der Waals surface area contributed by atoms with E-state index in [1.54, 1.807) is 0 Å². The van der Waals surface area contributed by atoms with Crippen molar-refractivity contribution in [3.8, 4) is 0 Å². The minimum absolute atomic E-state index is 0.0565. The maximum absolute atomic E-state index is 13.7. The third-order valence-corrected chi connectivity index (χ3v) is 3.32. The molecule has 3 N–H and O–H groups in total. The lowest BCUT2D eigenvalue weighted by Gasteiger charge is -2.18. The Labute approximate surface area is 116 Å². The van der Waals surface area contributed by atoms with Crippen molar-refractivity contribution in [2.45, 2.75) is 6.04 Å². The van der Waals surface area contributed by atoms with E-state index < -0.39 is 23.5 Å². The summed E-state index contributed by atoms with van der Waals surface area (Å²) in [6.07, 6.45) is 0. The molecule has 0 amide bonds. The summed E-state index contributed by atoms with van der Waals surface area (Å²) in [6, 6.07) is 6.46. The van der Waals surface area contributed by atoms with E-state index in [1.165, 1.54) is 18.2 Å². The summed E-state index contributed by atoms with van der Waals surface area (Å²) < 4.78 is 40.3. The summed E-state index contributed by atoms with van der Waals surface area (Å²) in [7, 11) is 0. The van der Waals surface area contributed by atoms with Gasteiger partial charge in [-0.25, -0.2) is 18.6 Å². The number of nitrogens with one attached hydrogen (secondary N) is 1. The minimum atomic E-state index is -0.771. The molecule has 0 aliphatic carbocycles. The number of hydrogen-bond acceptors (Lipinski definition) is 2. The van der Waals surface area contributed by atoms with Crippen LogP contribution in [0.5, 0.6) is 0 Å². The molecule has 2 aromatic rings. The van der Waals surface area contributed by atoms with Gasteiger partial charge in [-0.3, -0.25) is 5.84 Å². The summed E-state index contributed by atoms with van der Waals surface area (Å²) in [6.45, 7) is 0. The quantitative estimate of drug-likeness (QED) is 0.668. The smallest absolute Gasteiger partial charge is 0.137 e. The predicted molar refractivity (Wildman–Crippen MR) is 69.6 cm³/mol. The van der Waals surface area contributed by atoms with Crippen LogP contribution in [0.3, 0.4) is 0 Å². The molecule has 1 unspecified atom stereocenters. The lowest BCUT2D eigenvalue weighted by molar-refractivity contribution is 0.544. The highest BCUT2D eigenvalue weighted by molar-refractivity contribution is 9.10. The van der Waals surface area contributed by atoms with Crippen molar-refractivity contribution < 1.29 is 13.2 Å². The van der Waals surface area contributed by atoms with Gasteiger partial charge in [0.2, 0.25) is 0 Å². The molecule has 0 fully saturated rings. The first-order valence-corrected chi connectivity index (χ1v) is 6.18. The molecule has 6 heteroatoms. The van der Waals surface area contributed by atoms with Crippen LogP contribution in [0, 0.1) is 17.5 Å². The Balaban J connectivity index is 2.49. The van der Waals surface area contributed by atoms with E-state index in [0.717, 1.165) is 18.2 Å². The van der Waals surface area contributed by atoms with Crippen molar-refractivity contribution in [3.05, 3.63) is 69.4 Å². The number of rotatable bonds is 3. The predicted octanol–water partition coefficient (Wildman–Crippen LogP) is 3.42. The third-order valence-electron chi connectivity index (χ3n) is 2.71. The van der Waals surface area contributed by atoms with Crippen LogP contribution in [0.15, 0.2) is 40.9 Å². The highest BCUT2D eigenvalue weighted by Crippen LogP contribution is 2.27. The Morgan fingerprint density at radius 1 is 1.00 bits per heavy atom. The molecule has 0 aliphatic rings. The van der Waals surface area contributed by atoms with Crippen molar-refractivity contribution in [2.24, 2.45) is 5.84 Å². The average Bonchev–Trinajstić information content (AvgIpc) is 2.38. The summed E-state index contributed by atoms with van der Waals surface area (Å²) in [5, 5.41) is 0. The second-order valence-corrected chi connectivity index (χ2v) is 4.79. The van der Waals surface area contributed by atoms with Gasteiger partial charge < -0.3 is 0 Å². The van der Waals surface area contributed by atoms with E-state index in [2.05, 4.69) is 21.4 Å². The van der Waals surface area contributed by atoms with Gasteiger partial charge in [-0.05, 0) is 51.8 Å². The largest absolute Gasteiger partial charge is 0.271 e. The van der Waals surface area contributed by atoms with Crippen LogP contribution in [0.1, 0.15) is 17.2 Å². The minimum Gasteiger partial charge on any atom is -0.271 e. The van der Waals surface area contributed by atoms with Crippen molar-refractivity contribution in [3.63, 3.8) is 0 Å². The molecule has 0 spiro atoms. The average molecular weight is 331 g/mol. The van der Waals surface area contributed by atoms with Gasteiger partial charge in [-0.15, -0.1) is 0 Å². The first kappa shape index (κ1) is 14.0. The van der Waals surface area contributed by atoms with Crippen LogP contribution in [0.4, 0.5) is 13.2 Å². The fourth-order valence-corrected chi connectivity index (χ4v) is 2.19. The number of benzene rings is 2. The number of nitrogens with two attached hydrogens (primary N) is 1. The molecule has 2 aromatic carbocycles. The second kappa shape index (κ2) is 5.73. The Morgan fingerprint density at radius 3 is 2.32 bits per heavy atom. The Morgan fingerprint density at radius 2 is 1.68 bits per heavy atom. The van der Waals surface area contributed by atoms with E-state index in [0.29, 0.717) is 5.56 Å². The first-order valence-electron chi connectivity index (χ1n) is 5.39. The topological polar surface area (TPSA) is 38.0 Å². The molecule has 100 valence electrons. The number of halogens is 4. The molecular weight excluding hydrogens is 321 g/mol.